The van der Waals surface area contributed by atoms with Crippen LogP contribution in [-0.4, -0.2) is 11.9 Å². The molecule has 25 heavy (non-hydrogen) atoms. The Bertz CT molecular complexity index is 706. The van der Waals surface area contributed by atoms with E-state index in [2.05, 4.69) is 5.32 Å². The number of rotatable bonds is 5. The second-order valence-corrected chi connectivity index (χ2v) is 6.51. The van der Waals surface area contributed by atoms with E-state index < -0.39 is 0 Å². The zero-order chi connectivity index (χ0) is 16.9. The minimum Gasteiger partial charge on any atom is -0.457 e. The van der Waals surface area contributed by atoms with Crippen molar-refractivity contribution in [1.82, 2.24) is 5.32 Å². The molecule has 0 spiro atoms. The van der Waals surface area contributed by atoms with Crippen molar-refractivity contribution >= 4 is 18.3 Å². The third-order valence-corrected chi connectivity index (χ3v) is 4.49. The van der Waals surface area contributed by atoms with Crippen LogP contribution < -0.4 is 15.8 Å². The summed E-state index contributed by atoms with van der Waals surface area (Å²) in [5, 5.41) is 3.03. The molecule has 3 N–H and O–H groups in total. The Morgan fingerprint density at radius 2 is 1.96 bits per heavy atom. The zero-order valence-corrected chi connectivity index (χ0v) is 15.2. The fraction of sp³-hybridized carbons (Fsp3) is 0.350. The van der Waals surface area contributed by atoms with Crippen LogP contribution in [0.3, 0.4) is 0 Å². The van der Waals surface area contributed by atoms with Gasteiger partial charge in [-0.2, -0.15) is 0 Å². The molecule has 2 unspecified atom stereocenters. The lowest BCUT2D eigenvalue weighted by Crippen LogP contribution is -2.30. The highest BCUT2D eigenvalue weighted by atomic mass is 35.5. The summed E-state index contributed by atoms with van der Waals surface area (Å²) >= 11 is 0. The summed E-state index contributed by atoms with van der Waals surface area (Å²) in [4.78, 5) is 12.3. The molecule has 5 heteroatoms. The lowest BCUT2D eigenvalue weighted by Gasteiger charge is -2.15. The van der Waals surface area contributed by atoms with Gasteiger partial charge in [0.1, 0.15) is 11.5 Å². The Hall–Kier alpha value is -2.04. The van der Waals surface area contributed by atoms with Crippen LogP contribution in [0.2, 0.25) is 0 Å². The molecule has 1 amide bonds. The first-order valence-corrected chi connectivity index (χ1v) is 8.47. The first-order chi connectivity index (χ1) is 11.6. The first kappa shape index (κ1) is 19.3. The van der Waals surface area contributed by atoms with E-state index in [1.165, 1.54) is 0 Å². The molecule has 3 rings (SSSR count). The van der Waals surface area contributed by atoms with Crippen molar-refractivity contribution in [2.45, 2.75) is 38.8 Å². The van der Waals surface area contributed by atoms with Crippen LogP contribution >= 0.6 is 12.4 Å². The molecule has 1 fully saturated rings. The Balaban J connectivity index is 0.00000225. The molecule has 1 aliphatic rings. The lowest BCUT2D eigenvalue weighted by molar-refractivity contribution is -0.125. The SMILES string of the molecule is Cc1ccc(CNC(=O)C2CCC(N)C2)c(Oc2ccccc2)c1.Cl. The van der Waals surface area contributed by atoms with Gasteiger partial charge in [-0.05, 0) is 49.9 Å². The van der Waals surface area contributed by atoms with Gasteiger partial charge in [-0.25, -0.2) is 0 Å². The van der Waals surface area contributed by atoms with Crippen LogP contribution in [0.5, 0.6) is 11.5 Å². The predicted octanol–water partition coefficient (Wildman–Crippen LogP) is 3.95. The molecule has 0 aliphatic heterocycles. The van der Waals surface area contributed by atoms with E-state index in [1.807, 2.05) is 55.5 Å². The molecule has 0 radical (unpaired) electrons. The quantitative estimate of drug-likeness (QED) is 0.848. The zero-order valence-electron chi connectivity index (χ0n) is 14.4. The number of halogens is 1. The molecule has 0 aromatic heterocycles. The number of para-hydroxylation sites is 1. The van der Waals surface area contributed by atoms with Gasteiger partial charge in [0.25, 0.3) is 0 Å². The van der Waals surface area contributed by atoms with Gasteiger partial charge in [-0.1, -0.05) is 30.3 Å². The number of hydrogen-bond donors (Lipinski definition) is 2. The Labute approximate surface area is 155 Å². The first-order valence-electron chi connectivity index (χ1n) is 8.47. The highest BCUT2D eigenvalue weighted by molar-refractivity contribution is 5.85. The Kier molecular flexibility index (Phi) is 6.85. The van der Waals surface area contributed by atoms with Crippen molar-refractivity contribution in [3.8, 4) is 11.5 Å². The van der Waals surface area contributed by atoms with E-state index in [1.54, 1.807) is 0 Å². The van der Waals surface area contributed by atoms with E-state index in [4.69, 9.17) is 10.5 Å². The van der Waals surface area contributed by atoms with Crippen molar-refractivity contribution in [1.29, 1.82) is 0 Å². The second kappa shape index (κ2) is 8.88. The summed E-state index contributed by atoms with van der Waals surface area (Å²) in [6.45, 7) is 2.49. The fourth-order valence-corrected chi connectivity index (χ4v) is 3.10. The van der Waals surface area contributed by atoms with Gasteiger partial charge in [-0.3, -0.25) is 4.79 Å². The highest BCUT2D eigenvalue weighted by Gasteiger charge is 2.27. The molecule has 1 saturated carbocycles. The standard InChI is InChI=1S/C20H24N2O2.ClH/c1-14-7-8-16(13-22-20(23)15-9-10-17(21)12-15)19(11-14)24-18-5-3-2-4-6-18;/h2-8,11,15,17H,9-10,12-13,21H2,1H3,(H,22,23);1H. The number of carbonyl (C=O) groups excluding carboxylic acids is 1. The Morgan fingerprint density at radius 1 is 1.20 bits per heavy atom. The van der Waals surface area contributed by atoms with Crippen LogP contribution in [0, 0.1) is 12.8 Å². The molecular weight excluding hydrogens is 336 g/mol. The van der Waals surface area contributed by atoms with Crippen molar-refractivity contribution in [2.24, 2.45) is 11.7 Å². The largest absolute Gasteiger partial charge is 0.457 e. The maximum absolute atomic E-state index is 12.3. The number of amides is 1. The average Bonchev–Trinajstić information content (AvgIpc) is 3.01. The fourth-order valence-electron chi connectivity index (χ4n) is 3.10. The molecule has 2 aromatic carbocycles. The van der Waals surface area contributed by atoms with Gasteiger partial charge in [0.05, 0.1) is 0 Å². The summed E-state index contributed by atoms with van der Waals surface area (Å²) in [7, 11) is 0. The molecule has 2 aromatic rings. The highest BCUT2D eigenvalue weighted by Crippen LogP contribution is 2.27. The molecule has 0 heterocycles. The maximum Gasteiger partial charge on any atom is 0.223 e. The van der Waals surface area contributed by atoms with E-state index >= 15 is 0 Å². The van der Waals surface area contributed by atoms with Crippen LogP contribution in [0.1, 0.15) is 30.4 Å². The molecule has 4 nitrogen and oxygen atoms in total. The number of carbonyl (C=O) groups is 1. The van der Waals surface area contributed by atoms with Crippen LogP contribution in [0.15, 0.2) is 48.5 Å². The van der Waals surface area contributed by atoms with Gasteiger partial charge < -0.3 is 15.8 Å². The summed E-state index contributed by atoms with van der Waals surface area (Å²) in [5.74, 6) is 1.71. The van der Waals surface area contributed by atoms with Crippen molar-refractivity contribution in [3.63, 3.8) is 0 Å². The Morgan fingerprint density at radius 3 is 2.64 bits per heavy atom. The summed E-state index contributed by atoms with van der Waals surface area (Å²) in [6, 6.07) is 15.9. The normalized spacial score (nSPS) is 19.1. The van der Waals surface area contributed by atoms with E-state index in [-0.39, 0.29) is 30.3 Å². The van der Waals surface area contributed by atoms with E-state index in [0.29, 0.717) is 6.54 Å². The van der Waals surface area contributed by atoms with Gasteiger partial charge in [0, 0.05) is 24.1 Å². The average molecular weight is 361 g/mol. The number of nitrogens with one attached hydrogen (secondary N) is 1. The topological polar surface area (TPSA) is 64.4 Å². The monoisotopic (exact) mass is 360 g/mol. The number of nitrogens with two attached hydrogens (primary N) is 1. The predicted molar refractivity (Wildman–Crippen MR) is 102 cm³/mol. The lowest BCUT2D eigenvalue weighted by atomic mass is 10.1. The minimum absolute atomic E-state index is 0. The summed E-state index contributed by atoms with van der Waals surface area (Å²) < 4.78 is 5.99. The number of benzene rings is 2. The second-order valence-electron chi connectivity index (χ2n) is 6.51. The number of aryl methyl sites for hydroxylation is 1. The molecule has 0 bridgehead atoms. The van der Waals surface area contributed by atoms with Gasteiger partial charge >= 0.3 is 0 Å². The van der Waals surface area contributed by atoms with E-state index in [9.17, 15) is 4.79 Å². The summed E-state index contributed by atoms with van der Waals surface area (Å²) in [5.41, 5.74) is 7.99. The van der Waals surface area contributed by atoms with Crippen LogP contribution in [0.25, 0.3) is 0 Å². The van der Waals surface area contributed by atoms with Crippen LogP contribution in [0.4, 0.5) is 0 Å². The minimum atomic E-state index is 0. The molecule has 1 aliphatic carbocycles. The summed E-state index contributed by atoms with van der Waals surface area (Å²) in [6.07, 6.45) is 2.60. The van der Waals surface area contributed by atoms with Crippen LogP contribution in [-0.2, 0) is 11.3 Å². The molecule has 134 valence electrons. The number of hydrogen-bond acceptors (Lipinski definition) is 3. The third kappa shape index (κ3) is 5.21. The smallest absolute Gasteiger partial charge is 0.223 e. The van der Waals surface area contributed by atoms with Crippen molar-refractivity contribution in [2.75, 3.05) is 0 Å². The molecular formula is C20H25ClN2O2. The van der Waals surface area contributed by atoms with Gasteiger partial charge in [0.2, 0.25) is 5.91 Å². The third-order valence-electron chi connectivity index (χ3n) is 4.49. The molecule has 0 saturated heterocycles. The van der Waals surface area contributed by atoms with Gasteiger partial charge in [-0.15, -0.1) is 12.4 Å². The number of ether oxygens (including phenoxy) is 1. The van der Waals surface area contributed by atoms with Gasteiger partial charge in [0.15, 0.2) is 0 Å². The molecule has 2 atom stereocenters. The van der Waals surface area contributed by atoms with E-state index in [0.717, 1.165) is 41.9 Å². The van der Waals surface area contributed by atoms with Crippen molar-refractivity contribution in [3.05, 3.63) is 59.7 Å². The van der Waals surface area contributed by atoms with Crippen molar-refractivity contribution < 1.29 is 9.53 Å². The maximum atomic E-state index is 12.3.